The maximum Gasteiger partial charge on any atom is 0.267 e. The molecule has 2 rings (SSSR count). The second kappa shape index (κ2) is 2.99. The Hall–Kier alpha value is -1.68. The molecule has 3 N–H and O–H groups in total. The van der Waals surface area contributed by atoms with Gasteiger partial charge in [0, 0.05) is 6.21 Å². The fourth-order valence-electron chi connectivity index (χ4n) is 1.42. The number of nitrogens with one attached hydrogen (secondary N) is 1. The van der Waals surface area contributed by atoms with Crippen LogP contribution in [-0.4, -0.2) is 18.7 Å². The number of amides is 1. The lowest BCUT2D eigenvalue weighted by atomic mass is 10.0. The van der Waals surface area contributed by atoms with Gasteiger partial charge in [0.2, 0.25) is 0 Å². The monoisotopic (exact) mass is 175 g/mol. The SMILES string of the molecule is NNC(=O)C1=C2C=CC=C2CN=C1. The Morgan fingerprint density at radius 1 is 1.62 bits per heavy atom. The van der Waals surface area contributed by atoms with E-state index in [9.17, 15) is 4.79 Å². The summed E-state index contributed by atoms with van der Waals surface area (Å²) in [5, 5.41) is 0. The number of carbonyl (C=O) groups excluding carboxylic acids is 1. The molecule has 0 atom stereocenters. The quantitative estimate of drug-likeness (QED) is 0.331. The van der Waals surface area contributed by atoms with Gasteiger partial charge in [-0.1, -0.05) is 18.2 Å². The van der Waals surface area contributed by atoms with Crippen LogP contribution in [0.4, 0.5) is 0 Å². The molecule has 0 aromatic carbocycles. The highest BCUT2D eigenvalue weighted by molar-refractivity contribution is 6.14. The van der Waals surface area contributed by atoms with Gasteiger partial charge in [-0.3, -0.25) is 15.2 Å². The van der Waals surface area contributed by atoms with Crippen molar-refractivity contribution in [3.63, 3.8) is 0 Å². The van der Waals surface area contributed by atoms with Gasteiger partial charge in [-0.15, -0.1) is 0 Å². The van der Waals surface area contributed by atoms with E-state index in [0.717, 1.165) is 11.1 Å². The first-order valence-corrected chi connectivity index (χ1v) is 3.95. The fraction of sp³-hybridized carbons (Fsp3) is 0.111. The lowest BCUT2D eigenvalue weighted by Gasteiger charge is -2.11. The Labute approximate surface area is 75.5 Å². The van der Waals surface area contributed by atoms with Crippen LogP contribution in [0.2, 0.25) is 0 Å². The lowest BCUT2D eigenvalue weighted by Crippen LogP contribution is -2.33. The number of fused-ring (bicyclic) bond motifs is 1. The Bertz CT molecular complexity index is 374. The number of hydrogen-bond donors (Lipinski definition) is 2. The number of dihydropyridines is 1. The second-order valence-electron chi connectivity index (χ2n) is 2.82. The van der Waals surface area contributed by atoms with E-state index in [-0.39, 0.29) is 5.91 Å². The highest BCUT2D eigenvalue weighted by atomic mass is 16.2. The van der Waals surface area contributed by atoms with Crippen LogP contribution in [0.25, 0.3) is 0 Å². The van der Waals surface area contributed by atoms with E-state index in [1.807, 2.05) is 18.2 Å². The number of carbonyl (C=O) groups is 1. The normalized spacial score (nSPS) is 18.7. The summed E-state index contributed by atoms with van der Waals surface area (Å²) in [5.41, 5.74) is 4.63. The molecule has 0 aromatic heterocycles. The van der Waals surface area contributed by atoms with Crippen molar-refractivity contribution in [3.05, 3.63) is 34.9 Å². The topological polar surface area (TPSA) is 67.5 Å². The molecule has 1 heterocycles. The first kappa shape index (κ1) is 7.94. The van der Waals surface area contributed by atoms with Crippen LogP contribution in [0.3, 0.4) is 0 Å². The van der Waals surface area contributed by atoms with E-state index in [1.165, 1.54) is 0 Å². The molecule has 2 aliphatic rings. The Morgan fingerprint density at radius 2 is 2.46 bits per heavy atom. The van der Waals surface area contributed by atoms with Crippen LogP contribution >= 0.6 is 0 Å². The van der Waals surface area contributed by atoms with E-state index >= 15 is 0 Å². The molecular weight excluding hydrogens is 166 g/mol. The molecule has 0 unspecified atom stereocenters. The van der Waals surface area contributed by atoms with Crippen LogP contribution in [0.15, 0.2) is 39.9 Å². The Kier molecular flexibility index (Phi) is 1.83. The van der Waals surface area contributed by atoms with Crippen LogP contribution < -0.4 is 11.3 Å². The summed E-state index contributed by atoms with van der Waals surface area (Å²) in [6.45, 7) is 0.643. The number of hydrogen-bond acceptors (Lipinski definition) is 3. The van der Waals surface area contributed by atoms with Gasteiger partial charge >= 0.3 is 0 Å². The number of nitrogens with zero attached hydrogens (tertiary/aromatic N) is 1. The smallest absolute Gasteiger partial charge is 0.267 e. The average Bonchev–Trinajstić information content (AvgIpc) is 2.63. The fourth-order valence-corrected chi connectivity index (χ4v) is 1.42. The van der Waals surface area contributed by atoms with Gasteiger partial charge in [0.15, 0.2) is 0 Å². The van der Waals surface area contributed by atoms with Gasteiger partial charge in [-0.05, 0) is 11.1 Å². The van der Waals surface area contributed by atoms with Crippen molar-refractivity contribution in [2.45, 2.75) is 0 Å². The highest BCUT2D eigenvalue weighted by Crippen LogP contribution is 2.24. The summed E-state index contributed by atoms with van der Waals surface area (Å²) in [4.78, 5) is 15.3. The molecule has 0 radical (unpaired) electrons. The highest BCUT2D eigenvalue weighted by Gasteiger charge is 2.18. The van der Waals surface area contributed by atoms with Crippen molar-refractivity contribution in [2.24, 2.45) is 10.8 Å². The number of aliphatic imine (C=N–C) groups is 1. The van der Waals surface area contributed by atoms with Crippen molar-refractivity contribution >= 4 is 12.1 Å². The zero-order chi connectivity index (χ0) is 9.26. The van der Waals surface area contributed by atoms with Crippen LogP contribution in [-0.2, 0) is 4.79 Å². The lowest BCUT2D eigenvalue weighted by molar-refractivity contribution is -0.117. The van der Waals surface area contributed by atoms with Gasteiger partial charge in [0.25, 0.3) is 5.91 Å². The first-order chi connectivity index (χ1) is 6.33. The molecule has 4 heteroatoms. The average molecular weight is 175 g/mol. The number of allylic oxidation sites excluding steroid dienone is 3. The van der Waals surface area contributed by atoms with E-state index in [0.29, 0.717) is 12.1 Å². The summed E-state index contributed by atoms with van der Waals surface area (Å²) >= 11 is 0. The molecular formula is C9H9N3O. The molecule has 1 amide bonds. The van der Waals surface area contributed by atoms with Gasteiger partial charge < -0.3 is 0 Å². The van der Waals surface area contributed by atoms with Gasteiger partial charge in [0.05, 0.1) is 12.1 Å². The minimum atomic E-state index is -0.295. The molecule has 0 saturated carbocycles. The molecule has 0 aromatic rings. The van der Waals surface area contributed by atoms with Crippen LogP contribution in [0.5, 0.6) is 0 Å². The molecule has 66 valence electrons. The predicted octanol–water partition coefficient (Wildman–Crippen LogP) is -0.147. The predicted molar refractivity (Wildman–Crippen MR) is 49.9 cm³/mol. The molecule has 0 saturated heterocycles. The summed E-state index contributed by atoms with van der Waals surface area (Å²) < 4.78 is 0. The first-order valence-electron chi connectivity index (χ1n) is 3.95. The van der Waals surface area contributed by atoms with Crippen molar-refractivity contribution < 1.29 is 4.79 Å². The number of hydrazine groups is 1. The van der Waals surface area contributed by atoms with E-state index < -0.39 is 0 Å². The van der Waals surface area contributed by atoms with Crippen LogP contribution in [0, 0.1) is 0 Å². The summed E-state index contributed by atoms with van der Waals surface area (Å²) in [6.07, 6.45) is 7.31. The largest absolute Gasteiger partial charge is 0.290 e. The number of rotatable bonds is 1. The van der Waals surface area contributed by atoms with Gasteiger partial charge in [0.1, 0.15) is 0 Å². The third-order valence-electron chi connectivity index (χ3n) is 2.05. The zero-order valence-electron chi connectivity index (χ0n) is 6.95. The molecule has 0 bridgehead atoms. The standard InChI is InChI=1S/C9H9N3O/c10-12-9(13)8-5-11-4-6-2-1-3-7(6)8/h1-3,5H,4,10H2,(H,12,13). The zero-order valence-corrected chi connectivity index (χ0v) is 6.95. The van der Waals surface area contributed by atoms with Crippen molar-refractivity contribution in [2.75, 3.05) is 6.54 Å². The molecule has 1 aliphatic carbocycles. The second-order valence-corrected chi connectivity index (χ2v) is 2.82. The van der Waals surface area contributed by atoms with Gasteiger partial charge in [-0.25, -0.2) is 5.84 Å². The Balaban J connectivity index is 2.45. The van der Waals surface area contributed by atoms with Crippen LogP contribution in [0.1, 0.15) is 0 Å². The molecule has 0 fully saturated rings. The van der Waals surface area contributed by atoms with E-state index in [4.69, 9.17) is 5.84 Å². The maximum atomic E-state index is 11.3. The van der Waals surface area contributed by atoms with E-state index in [2.05, 4.69) is 10.4 Å². The van der Waals surface area contributed by atoms with Crippen molar-refractivity contribution in [1.82, 2.24) is 5.43 Å². The summed E-state index contributed by atoms with van der Waals surface area (Å²) in [6, 6.07) is 0. The minimum Gasteiger partial charge on any atom is -0.290 e. The molecule has 1 aliphatic heterocycles. The third-order valence-corrected chi connectivity index (χ3v) is 2.05. The van der Waals surface area contributed by atoms with Crippen molar-refractivity contribution in [1.29, 1.82) is 0 Å². The van der Waals surface area contributed by atoms with E-state index in [1.54, 1.807) is 6.21 Å². The minimum absolute atomic E-state index is 0.295. The maximum absolute atomic E-state index is 11.3. The van der Waals surface area contributed by atoms with Crippen molar-refractivity contribution in [3.8, 4) is 0 Å². The molecule has 13 heavy (non-hydrogen) atoms. The molecule has 4 nitrogen and oxygen atoms in total. The number of nitrogens with two attached hydrogens (primary N) is 1. The summed E-state index contributed by atoms with van der Waals surface area (Å²) in [5.74, 6) is 4.75. The third kappa shape index (κ3) is 1.21. The summed E-state index contributed by atoms with van der Waals surface area (Å²) in [7, 11) is 0. The van der Waals surface area contributed by atoms with Gasteiger partial charge in [-0.2, -0.15) is 0 Å². The molecule has 0 spiro atoms. The Morgan fingerprint density at radius 3 is 3.23 bits per heavy atom.